The molecule has 0 aliphatic rings. The molecule has 1 rings (SSSR count). The third kappa shape index (κ3) is 4.42. The van der Waals surface area contributed by atoms with E-state index in [1.807, 2.05) is 42.3 Å². The lowest BCUT2D eigenvalue weighted by Gasteiger charge is -2.17. The first-order valence-electron chi connectivity index (χ1n) is 5.25. The molecule has 1 aromatic rings. The molecule has 0 amide bonds. The van der Waals surface area contributed by atoms with E-state index in [2.05, 4.69) is 5.10 Å². The Bertz CT molecular complexity index is 319. The molecule has 0 radical (unpaired) electrons. The molecule has 2 nitrogen and oxygen atoms in total. The molecule has 0 bridgehead atoms. The SMILES string of the molecule is CC(=NN(CCCl)CCCl)c1ccccc1. The van der Waals surface area contributed by atoms with Crippen LogP contribution in [0.5, 0.6) is 0 Å². The molecule has 16 heavy (non-hydrogen) atoms. The summed E-state index contributed by atoms with van der Waals surface area (Å²) in [6.07, 6.45) is 0. The summed E-state index contributed by atoms with van der Waals surface area (Å²) in [4.78, 5) is 0. The summed E-state index contributed by atoms with van der Waals surface area (Å²) in [5.41, 5.74) is 2.10. The van der Waals surface area contributed by atoms with Gasteiger partial charge >= 0.3 is 0 Å². The van der Waals surface area contributed by atoms with Crippen LogP contribution in [0, 0.1) is 0 Å². The first kappa shape index (κ1) is 13.3. The predicted octanol–water partition coefficient (Wildman–Crippen LogP) is 3.19. The average Bonchev–Trinajstić information content (AvgIpc) is 2.31. The van der Waals surface area contributed by atoms with E-state index in [1.165, 1.54) is 0 Å². The maximum atomic E-state index is 5.71. The quantitative estimate of drug-likeness (QED) is 0.435. The number of rotatable bonds is 6. The Morgan fingerprint density at radius 1 is 1.12 bits per heavy atom. The molecule has 0 saturated heterocycles. The first-order chi connectivity index (χ1) is 7.77. The van der Waals surface area contributed by atoms with Crippen molar-refractivity contribution in [3.8, 4) is 0 Å². The minimum Gasteiger partial charge on any atom is -0.294 e. The number of nitrogens with zero attached hydrogens (tertiary/aromatic N) is 2. The summed E-state index contributed by atoms with van der Waals surface area (Å²) >= 11 is 11.4. The van der Waals surface area contributed by atoms with E-state index in [0.717, 1.165) is 24.4 Å². The van der Waals surface area contributed by atoms with Crippen molar-refractivity contribution >= 4 is 28.9 Å². The van der Waals surface area contributed by atoms with Gasteiger partial charge in [0.25, 0.3) is 0 Å². The van der Waals surface area contributed by atoms with Gasteiger partial charge < -0.3 is 0 Å². The Labute approximate surface area is 107 Å². The molecule has 0 aliphatic heterocycles. The van der Waals surface area contributed by atoms with Crippen LogP contribution in [-0.4, -0.2) is 35.6 Å². The zero-order valence-electron chi connectivity index (χ0n) is 9.37. The highest BCUT2D eigenvalue weighted by atomic mass is 35.5. The Kier molecular flexibility index (Phi) is 6.27. The van der Waals surface area contributed by atoms with Crippen LogP contribution >= 0.6 is 23.2 Å². The molecule has 1 aromatic carbocycles. The van der Waals surface area contributed by atoms with Gasteiger partial charge in [-0.15, -0.1) is 23.2 Å². The van der Waals surface area contributed by atoms with Crippen molar-refractivity contribution < 1.29 is 0 Å². The van der Waals surface area contributed by atoms with Gasteiger partial charge in [-0.1, -0.05) is 30.3 Å². The molecule has 4 heteroatoms. The van der Waals surface area contributed by atoms with Crippen LogP contribution in [0.25, 0.3) is 0 Å². The van der Waals surface area contributed by atoms with Crippen molar-refractivity contribution in [2.45, 2.75) is 6.92 Å². The monoisotopic (exact) mass is 258 g/mol. The van der Waals surface area contributed by atoms with Crippen LogP contribution in [0.15, 0.2) is 35.4 Å². The highest BCUT2D eigenvalue weighted by Gasteiger charge is 2.01. The number of hydrogen-bond acceptors (Lipinski definition) is 2. The van der Waals surface area contributed by atoms with Crippen LogP contribution in [0.3, 0.4) is 0 Å². The molecular weight excluding hydrogens is 243 g/mol. The van der Waals surface area contributed by atoms with Crippen molar-refractivity contribution in [1.29, 1.82) is 0 Å². The number of alkyl halides is 2. The summed E-state index contributed by atoms with van der Waals surface area (Å²) in [5, 5.41) is 6.41. The molecule has 0 unspecified atom stereocenters. The molecule has 0 fully saturated rings. The Hall–Kier alpha value is -0.730. The topological polar surface area (TPSA) is 15.6 Å². The van der Waals surface area contributed by atoms with Crippen molar-refractivity contribution in [2.24, 2.45) is 5.10 Å². The van der Waals surface area contributed by atoms with Gasteiger partial charge in [0.1, 0.15) is 0 Å². The third-order valence-corrected chi connectivity index (χ3v) is 2.51. The second-order valence-corrected chi connectivity index (χ2v) is 4.14. The van der Waals surface area contributed by atoms with Crippen molar-refractivity contribution in [3.63, 3.8) is 0 Å². The van der Waals surface area contributed by atoms with Gasteiger partial charge in [-0.2, -0.15) is 5.10 Å². The normalized spacial score (nSPS) is 11.6. The van der Waals surface area contributed by atoms with Crippen LogP contribution in [0.2, 0.25) is 0 Å². The van der Waals surface area contributed by atoms with Crippen LogP contribution < -0.4 is 0 Å². The third-order valence-electron chi connectivity index (χ3n) is 2.17. The van der Waals surface area contributed by atoms with Gasteiger partial charge in [-0.25, -0.2) is 0 Å². The van der Waals surface area contributed by atoms with E-state index < -0.39 is 0 Å². The molecule has 0 aromatic heterocycles. The minimum absolute atomic E-state index is 0.558. The standard InChI is InChI=1S/C12H16Cl2N2/c1-11(12-5-3-2-4-6-12)15-16(9-7-13)10-8-14/h2-6H,7-10H2,1H3. The maximum absolute atomic E-state index is 5.71. The van der Waals surface area contributed by atoms with Gasteiger partial charge in [-0.3, -0.25) is 5.01 Å². The number of hydrogen-bond donors (Lipinski definition) is 0. The lowest BCUT2D eigenvalue weighted by atomic mass is 10.1. The summed E-state index contributed by atoms with van der Waals surface area (Å²) in [5.74, 6) is 1.12. The van der Waals surface area contributed by atoms with Crippen molar-refractivity contribution in [1.82, 2.24) is 5.01 Å². The van der Waals surface area contributed by atoms with E-state index in [-0.39, 0.29) is 0 Å². The lowest BCUT2D eigenvalue weighted by molar-refractivity contribution is 0.325. The Morgan fingerprint density at radius 2 is 1.69 bits per heavy atom. The Balaban J connectivity index is 2.72. The lowest BCUT2D eigenvalue weighted by Crippen LogP contribution is -2.23. The first-order valence-corrected chi connectivity index (χ1v) is 6.32. The largest absolute Gasteiger partial charge is 0.294 e. The summed E-state index contributed by atoms with van der Waals surface area (Å²) in [6.45, 7) is 3.43. The van der Waals surface area contributed by atoms with E-state index in [4.69, 9.17) is 23.2 Å². The van der Waals surface area contributed by atoms with E-state index in [0.29, 0.717) is 11.8 Å². The van der Waals surface area contributed by atoms with E-state index in [1.54, 1.807) is 0 Å². The molecule has 0 aliphatic carbocycles. The molecular formula is C12H16Cl2N2. The highest BCUT2D eigenvalue weighted by Crippen LogP contribution is 2.03. The van der Waals surface area contributed by atoms with Crippen molar-refractivity contribution in [2.75, 3.05) is 24.8 Å². The molecule has 88 valence electrons. The van der Waals surface area contributed by atoms with E-state index >= 15 is 0 Å². The highest BCUT2D eigenvalue weighted by molar-refractivity contribution is 6.18. The molecule has 0 saturated carbocycles. The minimum atomic E-state index is 0.558. The number of hydrazone groups is 1. The van der Waals surface area contributed by atoms with Gasteiger partial charge in [-0.05, 0) is 12.5 Å². The zero-order chi connectivity index (χ0) is 11.8. The van der Waals surface area contributed by atoms with Gasteiger partial charge in [0.15, 0.2) is 0 Å². The van der Waals surface area contributed by atoms with Gasteiger partial charge in [0.2, 0.25) is 0 Å². The second kappa shape index (κ2) is 7.53. The summed E-state index contributed by atoms with van der Waals surface area (Å²) in [7, 11) is 0. The van der Waals surface area contributed by atoms with Gasteiger partial charge in [0, 0.05) is 24.8 Å². The fourth-order valence-corrected chi connectivity index (χ4v) is 1.75. The molecule has 0 atom stereocenters. The van der Waals surface area contributed by atoms with Crippen LogP contribution in [-0.2, 0) is 0 Å². The average molecular weight is 259 g/mol. The fraction of sp³-hybridized carbons (Fsp3) is 0.417. The summed E-state index contributed by atoms with van der Waals surface area (Å²) < 4.78 is 0. The molecule has 0 N–H and O–H groups in total. The maximum Gasteiger partial charge on any atom is 0.0646 e. The predicted molar refractivity (Wildman–Crippen MR) is 71.7 cm³/mol. The molecule has 0 heterocycles. The van der Waals surface area contributed by atoms with Crippen LogP contribution in [0.1, 0.15) is 12.5 Å². The van der Waals surface area contributed by atoms with Gasteiger partial charge in [0.05, 0.1) is 5.71 Å². The summed E-state index contributed by atoms with van der Waals surface area (Å²) in [6, 6.07) is 10.1. The van der Waals surface area contributed by atoms with Crippen LogP contribution in [0.4, 0.5) is 0 Å². The number of halogens is 2. The Morgan fingerprint density at radius 3 is 2.19 bits per heavy atom. The number of benzene rings is 1. The van der Waals surface area contributed by atoms with E-state index in [9.17, 15) is 0 Å². The molecule has 0 spiro atoms. The second-order valence-electron chi connectivity index (χ2n) is 3.38. The fourth-order valence-electron chi connectivity index (χ4n) is 1.36. The smallest absolute Gasteiger partial charge is 0.0646 e. The zero-order valence-corrected chi connectivity index (χ0v) is 10.9. The van der Waals surface area contributed by atoms with Crippen molar-refractivity contribution in [3.05, 3.63) is 35.9 Å².